The summed E-state index contributed by atoms with van der Waals surface area (Å²) in [4.78, 5) is 12.6. The summed E-state index contributed by atoms with van der Waals surface area (Å²) in [6.45, 7) is 0. The number of piperidine rings is 1. The van der Waals surface area contributed by atoms with Crippen LogP contribution in [0, 0.1) is 0 Å². The van der Waals surface area contributed by atoms with E-state index in [1.165, 1.54) is 0 Å². The molecular weight excluding hydrogens is 402 g/mol. The van der Waals surface area contributed by atoms with Gasteiger partial charge in [0.2, 0.25) is 0 Å². The van der Waals surface area contributed by atoms with Crippen LogP contribution in [0.2, 0.25) is 0 Å². The molecular formula is C19H28BrNO5. The van der Waals surface area contributed by atoms with Gasteiger partial charge in [0.25, 0.3) is 0 Å². The Morgan fingerprint density at radius 1 is 1.04 bits per heavy atom. The smallest absolute Gasteiger partial charge is 0.338 e. The normalized spacial score (nSPS) is 28.8. The van der Waals surface area contributed by atoms with Crippen LogP contribution in [0.15, 0.2) is 18.2 Å². The number of fused-ring (bicyclic) bond motifs is 2. The predicted molar refractivity (Wildman–Crippen MR) is 93.1 cm³/mol. The Morgan fingerprint density at radius 2 is 1.73 bits per heavy atom. The second-order valence-electron chi connectivity index (χ2n) is 7.43. The van der Waals surface area contributed by atoms with Crippen molar-refractivity contribution in [3.63, 3.8) is 0 Å². The van der Waals surface area contributed by atoms with E-state index in [9.17, 15) is 4.79 Å². The summed E-state index contributed by atoms with van der Waals surface area (Å²) in [5, 5.41) is 0. The van der Waals surface area contributed by atoms with E-state index in [0.717, 1.165) is 23.7 Å². The number of rotatable bonds is 5. The van der Waals surface area contributed by atoms with Crippen molar-refractivity contribution in [3.05, 3.63) is 23.8 Å². The number of likely N-dealkylation sites (N-methyl/N-ethyl adjacent to an activating group) is 1. The molecule has 0 radical (unpaired) electrons. The van der Waals surface area contributed by atoms with Crippen LogP contribution >= 0.6 is 0 Å². The van der Waals surface area contributed by atoms with Gasteiger partial charge in [0, 0.05) is 26.4 Å². The lowest BCUT2D eigenvalue weighted by Gasteiger charge is -2.44. The number of halogens is 1. The van der Waals surface area contributed by atoms with Gasteiger partial charge < -0.3 is 40.4 Å². The second-order valence-corrected chi connectivity index (χ2v) is 7.43. The number of hydrogen-bond donors (Lipinski definition) is 0. The van der Waals surface area contributed by atoms with Gasteiger partial charge in [0.15, 0.2) is 11.5 Å². The predicted octanol–water partition coefficient (Wildman–Crippen LogP) is -0.741. The average molecular weight is 430 g/mol. The van der Waals surface area contributed by atoms with Gasteiger partial charge in [-0.2, -0.15) is 0 Å². The Balaban J connectivity index is 0.00000243. The van der Waals surface area contributed by atoms with Crippen LogP contribution in [0.5, 0.6) is 11.5 Å². The average Bonchev–Trinajstić information content (AvgIpc) is 2.76. The van der Waals surface area contributed by atoms with E-state index < -0.39 is 0 Å². The molecule has 7 heteroatoms. The third-order valence-corrected chi connectivity index (χ3v) is 5.96. The molecule has 2 bridgehead atoms. The van der Waals surface area contributed by atoms with Crippen molar-refractivity contribution in [2.45, 2.75) is 43.6 Å². The first-order valence-electron chi connectivity index (χ1n) is 8.69. The van der Waals surface area contributed by atoms with Crippen LogP contribution < -0.4 is 26.5 Å². The number of carbonyl (C=O) groups is 1. The molecule has 0 saturated carbocycles. The molecule has 2 aliphatic heterocycles. The highest BCUT2D eigenvalue weighted by molar-refractivity contribution is 5.90. The van der Waals surface area contributed by atoms with Gasteiger partial charge in [-0.05, 0) is 18.2 Å². The number of quaternary nitrogens is 1. The van der Waals surface area contributed by atoms with E-state index in [2.05, 4.69) is 14.1 Å². The number of methoxy groups -OCH3 is 3. The molecule has 0 aromatic heterocycles. The Bertz CT molecular complexity index is 651. The molecule has 0 amide bonds. The van der Waals surface area contributed by atoms with Crippen LogP contribution in [0.4, 0.5) is 0 Å². The van der Waals surface area contributed by atoms with Gasteiger partial charge in [-0.15, -0.1) is 0 Å². The van der Waals surface area contributed by atoms with Crippen molar-refractivity contribution in [3.8, 4) is 11.5 Å². The van der Waals surface area contributed by atoms with Crippen molar-refractivity contribution >= 4 is 5.97 Å². The summed E-state index contributed by atoms with van der Waals surface area (Å²) >= 11 is 0. The molecule has 1 aromatic carbocycles. The first-order valence-corrected chi connectivity index (χ1v) is 8.69. The minimum atomic E-state index is -0.313. The number of ether oxygens (including phenoxy) is 4. The van der Waals surface area contributed by atoms with E-state index in [1.54, 1.807) is 39.5 Å². The highest BCUT2D eigenvalue weighted by Crippen LogP contribution is 2.42. The fraction of sp³-hybridized carbons (Fsp3) is 0.632. The molecule has 3 unspecified atom stereocenters. The maximum Gasteiger partial charge on any atom is 0.338 e. The lowest BCUT2D eigenvalue weighted by molar-refractivity contribution is -0.932. The van der Waals surface area contributed by atoms with Gasteiger partial charge in [-0.1, -0.05) is 0 Å². The van der Waals surface area contributed by atoms with Crippen molar-refractivity contribution in [2.24, 2.45) is 0 Å². The second kappa shape index (κ2) is 8.15. The van der Waals surface area contributed by atoms with Crippen LogP contribution in [0.25, 0.3) is 0 Å². The van der Waals surface area contributed by atoms with Gasteiger partial charge in [-0.25, -0.2) is 4.79 Å². The summed E-state index contributed by atoms with van der Waals surface area (Å²) in [5.74, 6) is 0.807. The van der Waals surface area contributed by atoms with Crippen LogP contribution in [0.1, 0.15) is 29.6 Å². The molecule has 0 spiro atoms. The van der Waals surface area contributed by atoms with Crippen molar-refractivity contribution in [1.29, 1.82) is 0 Å². The van der Waals surface area contributed by atoms with Crippen LogP contribution in [-0.4, -0.2) is 70.2 Å². The Labute approximate surface area is 165 Å². The van der Waals surface area contributed by atoms with Crippen LogP contribution in [0.3, 0.4) is 0 Å². The summed E-state index contributed by atoms with van der Waals surface area (Å²) in [5.41, 5.74) is 0.479. The molecule has 3 rings (SSSR count). The zero-order valence-electron chi connectivity index (χ0n) is 16.0. The monoisotopic (exact) mass is 429 g/mol. The van der Waals surface area contributed by atoms with Gasteiger partial charge in [0.05, 0.1) is 39.9 Å². The molecule has 2 aliphatic rings. The van der Waals surface area contributed by atoms with Gasteiger partial charge in [0.1, 0.15) is 18.2 Å². The van der Waals surface area contributed by atoms with Crippen molar-refractivity contribution in [1.82, 2.24) is 0 Å². The highest BCUT2D eigenvalue weighted by atomic mass is 79.9. The van der Waals surface area contributed by atoms with Crippen LogP contribution in [-0.2, 0) is 9.47 Å². The molecule has 0 N–H and O–H groups in total. The lowest BCUT2D eigenvalue weighted by atomic mass is 9.97. The molecule has 2 heterocycles. The SMILES string of the molecule is COc1ccc(C(=O)O[C@H]2CC3CC(OC)C(C2)[N+]3(C)C)cc1OC.[Br-]. The molecule has 6 nitrogen and oxygen atoms in total. The number of hydrogen-bond acceptors (Lipinski definition) is 5. The summed E-state index contributed by atoms with van der Waals surface area (Å²) in [6, 6.07) is 5.93. The number of benzene rings is 1. The minimum Gasteiger partial charge on any atom is -1.00 e. The topological polar surface area (TPSA) is 54.0 Å². The summed E-state index contributed by atoms with van der Waals surface area (Å²) in [7, 11) is 9.40. The highest BCUT2D eigenvalue weighted by Gasteiger charge is 2.55. The third kappa shape index (κ3) is 3.70. The van der Waals surface area contributed by atoms with E-state index >= 15 is 0 Å². The standard InChI is InChI=1S/C19H28NO5.BrH/c1-20(2)13-9-14(11-15(20)17(10-13)23-4)25-19(21)12-6-7-16(22-3)18(8-12)24-5;/h6-8,13-15,17H,9-11H2,1-5H3;1H/q+1;/p-1/t13?,14-,15?,17?;/m0./s1. The molecule has 1 aromatic rings. The zero-order chi connectivity index (χ0) is 18.2. The molecule has 26 heavy (non-hydrogen) atoms. The first kappa shape index (κ1) is 21.0. The maximum absolute atomic E-state index is 12.6. The van der Waals surface area contributed by atoms with E-state index in [0.29, 0.717) is 29.1 Å². The summed E-state index contributed by atoms with van der Waals surface area (Å²) in [6.07, 6.45) is 2.91. The molecule has 2 fully saturated rings. The Kier molecular flexibility index (Phi) is 6.58. The number of nitrogens with zero attached hydrogens (tertiary/aromatic N) is 1. The fourth-order valence-corrected chi connectivity index (χ4v) is 4.39. The van der Waals surface area contributed by atoms with Gasteiger partial charge in [-0.3, -0.25) is 0 Å². The molecule has 0 aliphatic carbocycles. The van der Waals surface area contributed by atoms with E-state index in [1.807, 2.05) is 0 Å². The summed E-state index contributed by atoms with van der Waals surface area (Å²) < 4.78 is 22.9. The zero-order valence-corrected chi connectivity index (χ0v) is 17.6. The van der Waals surface area contributed by atoms with Gasteiger partial charge >= 0.3 is 5.97 Å². The molecule has 4 atom stereocenters. The van der Waals surface area contributed by atoms with E-state index in [4.69, 9.17) is 18.9 Å². The minimum absolute atomic E-state index is 0. The number of carbonyl (C=O) groups excluding carboxylic acids is 1. The molecule has 146 valence electrons. The van der Waals surface area contributed by atoms with Crippen molar-refractivity contribution in [2.75, 3.05) is 35.4 Å². The Morgan fingerprint density at radius 3 is 2.35 bits per heavy atom. The first-order chi connectivity index (χ1) is 11.9. The maximum atomic E-state index is 12.6. The fourth-order valence-electron chi connectivity index (χ4n) is 4.39. The Hall–Kier alpha value is -1.31. The largest absolute Gasteiger partial charge is 1.00 e. The third-order valence-electron chi connectivity index (χ3n) is 5.96. The van der Waals surface area contributed by atoms with E-state index in [-0.39, 0.29) is 35.2 Å². The molecule has 2 saturated heterocycles. The number of esters is 1. The quantitative estimate of drug-likeness (QED) is 0.455. The van der Waals surface area contributed by atoms with Crippen molar-refractivity contribution < 1.29 is 45.2 Å². The lowest BCUT2D eigenvalue weighted by Crippen LogP contribution is -3.00.